The van der Waals surface area contributed by atoms with E-state index in [0.717, 1.165) is 6.20 Å². The zero-order chi connectivity index (χ0) is 22.7. The highest BCUT2D eigenvalue weighted by Gasteiger charge is 2.30. The highest BCUT2D eigenvalue weighted by atomic mass is 35.5. The summed E-state index contributed by atoms with van der Waals surface area (Å²) in [5.74, 6) is -0.0692. The van der Waals surface area contributed by atoms with E-state index < -0.39 is 26.5 Å². The maximum atomic E-state index is 13.0. The second-order valence-corrected chi connectivity index (χ2v) is 10.7. The molecule has 0 radical (unpaired) electrons. The van der Waals surface area contributed by atoms with Crippen molar-refractivity contribution < 1.29 is 22.3 Å². The van der Waals surface area contributed by atoms with Gasteiger partial charge in [-0.1, -0.05) is 11.6 Å². The van der Waals surface area contributed by atoms with Crippen LogP contribution in [-0.4, -0.2) is 60.0 Å². The van der Waals surface area contributed by atoms with E-state index in [1.807, 2.05) is 0 Å². The van der Waals surface area contributed by atoms with Gasteiger partial charge in [0.1, 0.15) is 22.2 Å². The third kappa shape index (κ3) is 5.21. The highest BCUT2D eigenvalue weighted by molar-refractivity contribution is 7.92. The molecule has 0 aromatic carbocycles. The van der Waals surface area contributed by atoms with Crippen LogP contribution >= 0.6 is 11.6 Å². The first-order chi connectivity index (χ1) is 15.3. The van der Waals surface area contributed by atoms with Crippen molar-refractivity contribution in [3.63, 3.8) is 0 Å². The second kappa shape index (κ2) is 9.72. The van der Waals surface area contributed by atoms with Gasteiger partial charge in [-0.05, 0) is 31.7 Å². The lowest BCUT2D eigenvalue weighted by atomic mass is 9.93. The van der Waals surface area contributed by atoms with E-state index in [2.05, 4.69) is 15.4 Å². The molecule has 0 unspecified atom stereocenters. The van der Waals surface area contributed by atoms with Crippen LogP contribution in [0.2, 0.25) is 5.02 Å². The first-order valence-electron chi connectivity index (χ1n) is 10.4. The third-order valence-electron chi connectivity index (χ3n) is 5.76. The summed E-state index contributed by atoms with van der Waals surface area (Å²) in [5, 5.41) is 6.47. The standard InChI is InChI=1S/C20H24ClFN4O5S/c21-19-17(23-10-16-12-30-7-8-32(16,28)29)11-25-26(20(19)27)14-2-4-15(5-3-14)31-18-6-1-13(22)9-24-18/h1,6,9,11,14-16,23H,2-5,7-8,10,12H2/t14?,15?,16-/m0/s1. The normalized spacial score (nSPS) is 25.2. The Labute approximate surface area is 189 Å². The number of rotatable bonds is 6. The van der Waals surface area contributed by atoms with E-state index in [-0.39, 0.29) is 42.7 Å². The topological polar surface area (TPSA) is 112 Å². The van der Waals surface area contributed by atoms with E-state index in [9.17, 15) is 17.6 Å². The zero-order valence-electron chi connectivity index (χ0n) is 17.2. The van der Waals surface area contributed by atoms with Crippen molar-refractivity contribution in [3.8, 4) is 5.88 Å². The molecule has 3 heterocycles. The molecule has 1 saturated carbocycles. The quantitative estimate of drug-likeness (QED) is 0.661. The fourth-order valence-corrected chi connectivity index (χ4v) is 5.43. The molecule has 12 heteroatoms. The van der Waals surface area contributed by atoms with Crippen molar-refractivity contribution in [1.29, 1.82) is 0 Å². The molecule has 0 bridgehead atoms. The van der Waals surface area contributed by atoms with Crippen molar-refractivity contribution >= 4 is 27.1 Å². The van der Waals surface area contributed by atoms with Crippen molar-refractivity contribution in [2.24, 2.45) is 0 Å². The Balaban J connectivity index is 1.36. The van der Waals surface area contributed by atoms with Gasteiger partial charge in [-0.3, -0.25) is 4.79 Å². The average Bonchev–Trinajstić information content (AvgIpc) is 2.78. The predicted octanol–water partition coefficient (Wildman–Crippen LogP) is 2.22. The van der Waals surface area contributed by atoms with Gasteiger partial charge in [0.15, 0.2) is 9.84 Å². The van der Waals surface area contributed by atoms with Crippen LogP contribution in [0.5, 0.6) is 5.88 Å². The Morgan fingerprint density at radius 2 is 2.03 bits per heavy atom. The van der Waals surface area contributed by atoms with E-state index in [0.29, 0.717) is 37.3 Å². The lowest BCUT2D eigenvalue weighted by Crippen LogP contribution is -2.41. The van der Waals surface area contributed by atoms with Crippen LogP contribution in [0.3, 0.4) is 0 Å². The van der Waals surface area contributed by atoms with E-state index in [1.54, 1.807) is 0 Å². The molecule has 4 rings (SSSR count). The molecule has 1 N–H and O–H groups in total. The maximum Gasteiger partial charge on any atom is 0.287 e. The van der Waals surface area contributed by atoms with Gasteiger partial charge in [0.25, 0.3) is 5.56 Å². The van der Waals surface area contributed by atoms with Crippen LogP contribution in [0.15, 0.2) is 29.3 Å². The Hall–Kier alpha value is -2.24. The summed E-state index contributed by atoms with van der Waals surface area (Å²) in [5.41, 5.74) is -0.128. The number of anilines is 1. The van der Waals surface area contributed by atoms with Gasteiger partial charge in [-0.15, -0.1) is 0 Å². The first kappa shape index (κ1) is 22.9. The largest absolute Gasteiger partial charge is 0.474 e. The van der Waals surface area contributed by atoms with Crippen LogP contribution in [0, 0.1) is 5.82 Å². The highest BCUT2D eigenvalue weighted by Crippen LogP contribution is 2.30. The minimum atomic E-state index is -3.24. The molecule has 0 amide bonds. The number of nitrogens with one attached hydrogen (secondary N) is 1. The number of hydrogen-bond acceptors (Lipinski definition) is 8. The summed E-state index contributed by atoms with van der Waals surface area (Å²) in [7, 11) is -3.24. The molecule has 9 nitrogen and oxygen atoms in total. The monoisotopic (exact) mass is 486 g/mol. The van der Waals surface area contributed by atoms with Crippen LogP contribution < -0.4 is 15.6 Å². The maximum absolute atomic E-state index is 13.0. The number of aromatic nitrogens is 3. The predicted molar refractivity (Wildman–Crippen MR) is 117 cm³/mol. The van der Waals surface area contributed by atoms with Crippen molar-refractivity contribution in [3.05, 3.63) is 45.7 Å². The molecule has 1 aliphatic carbocycles. The SMILES string of the molecule is O=c1c(Cl)c(NC[C@H]2COCCS2(=O)=O)cnn1C1CCC(Oc2ccc(F)cn2)CC1. The molecule has 174 valence electrons. The number of nitrogens with zero attached hydrogens (tertiary/aromatic N) is 3. The first-order valence-corrected chi connectivity index (χ1v) is 12.5. The van der Waals surface area contributed by atoms with Gasteiger partial charge in [0, 0.05) is 12.6 Å². The van der Waals surface area contributed by atoms with Crippen LogP contribution in [0.1, 0.15) is 31.7 Å². The fourth-order valence-electron chi connectivity index (χ4n) is 3.91. The summed E-state index contributed by atoms with van der Waals surface area (Å²) in [6, 6.07) is 2.66. The van der Waals surface area contributed by atoms with Gasteiger partial charge >= 0.3 is 0 Å². The van der Waals surface area contributed by atoms with Crippen molar-refractivity contribution in [1.82, 2.24) is 14.8 Å². The Bertz CT molecular complexity index is 1100. The smallest absolute Gasteiger partial charge is 0.287 e. The molecule has 2 aliphatic rings. The van der Waals surface area contributed by atoms with Crippen LogP contribution in [0.4, 0.5) is 10.1 Å². The molecule has 1 atom stereocenters. The molecule has 2 aromatic heterocycles. The Kier molecular flexibility index (Phi) is 6.96. The minimum Gasteiger partial charge on any atom is -0.474 e. The summed E-state index contributed by atoms with van der Waals surface area (Å²) in [6.45, 7) is 0.397. The number of pyridine rings is 1. The number of hydrogen-bond donors (Lipinski definition) is 1. The molecule has 0 spiro atoms. The van der Waals surface area contributed by atoms with E-state index in [1.165, 1.54) is 23.0 Å². The van der Waals surface area contributed by atoms with Gasteiger partial charge in [0.05, 0.1) is 43.1 Å². The Morgan fingerprint density at radius 3 is 2.72 bits per heavy atom. The molecule has 2 fully saturated rings. The molecule has 1 saturated heterocycles. The minimum absolute atomic E-state index is 0.0173. The van der Waals surface area contributed by atoms with Crippen molar-refractivity contribution in [2.45, 2.75) is 43.1 Å². The van der Waals surface area contributed by atoms with Gasteiger partial charge < -0.3 is 14.8 Å². The molecule has 1 aliphatic heterocycles. The van der Waals surface area contributed by atoms with Gasteiger partial charge in [0.2, 0.25) is 5.88 Å². The fraction of sp³-hybridized carbons (Fsp3) is 0.550. The van der Waals surface area contributed by atoms with E-state index >= 15 is 0 Å². The lowest BCUT2D eigenvalue weighted by Gasteiger charge is -2.29. The van der Waals surface area contributed by atoms with E-state index in [4.69, 9.17) is 21.1 Å². The Morgan fingerprint density at radius 1 is 1.25 bits per heavy atom. The summed E-state index contributed by atoms with van der Waals surface area (Å²) >= 11 is 6.28. The second-order valence-electron chi connectivity index (χ2n) is 7.93. The van der Waals surface area contributed by atoms with Crippen LogP contribution in [-0.2, 0) is 14.6 Å². The molecule has 2 aromatic rings. The van der Waals surface area contributed by atoms with Crippen molar-refractivity contribution in [2.75, 3.05) is 30.8 Å². The zero-order valence-corrected chi connectivity index (χ0v) is 18.8. The summed E-state index contributed by atoms with van der Waals surface area (Å²) in [4.78, 5) is 16.7. The number of halogens is 2. The molecular formula is C20H24ClFN4O5S. The molecular weight excluding hydrogens is 463 g/mol. The van der Waals surface area contributed by atoms with Gasteiger partial charge in [-0.25, -0.2) is 22.5 Å². The lowest BCUT2D eigenvalue weighted by molar-refractivity contribution is 0.123. The number of sulfone groups is 1. The average molecular weight is 487 g/mol. The number of ether oxygens (including phenoxy) is 2. The summed E-state index contributed by atoms with van der Waals surface area (Å²) < 4.78 is 49.6. The third-order valence-corrected chi connectivity index (χ3v) is 8.18. The summed E-state index contributed by atoms with van der Waals surface area (Å²) in [6.07, 6.45) is 5.20. The molecule has 32 heavy (non-hydrogen) atoms. The van der Waals surface area contributed by atoms with Gasteiger partial charge in [-0.2, -0.15) is 5.10 Å². The van der Waals surface area contributed by atoms with Crippen LogP contribution in [0.25, 0.3) is 0 Å².